The van der Waals surface area contributed by atoms with E-state index in [1.54, 1.807) is 35.9 Å². The Morgan fingerprint density at radius 2 is 1.92 bits per heavy atom. The Balaban J connectivity index is 1.58. The van der Waals surface area contributed by atoms with Gasteiger partial charge in [-0.1, -0.05) is 24.3 Å². The smallest absolute Gasteiger partial charge is 0.274 e. The molecular formula is C20H17N3O3. The number of para-hydroxylation sites is 1. The number of benzene rings is 2. The third-order valence-corrected chi connectivity index (χ3v) is 4.36. The summed E-state index contributed by atoms with van der Waals surface area (Å²) in [5, 5.41) is 11.1. The second-order valence-electron chi connectivity index (χ2n) is 5.88. The summed E-state index contributed by atoms with van der Waals surface area (Å²) in [4.78, 5) is 15.7. The number of carbonyl (C=O) groups is 1. The van der Waals surface area contributed by atoms with Gasteiger partial charge in [-0.3, -0.25) is 15.0 Å². The standard InChI is InChI=1S/C20H17N3O3/c24-20(22-25)14-4-3-5-15(12-14)26-11-10-23-18-7-2-1-6-16(18)17-8-9-21-13-19(17)23/h1-9,12-13,25H,10-11H2,(H,22,24). The third kappa shape index (κ3) is 2.87. The fourth-order valence-corrected chi connectivity index (χ4v) is 3.18. The average Bonchev–Trinajstić information content (AvgIpc) is 3.02. The molecule has 4 aromatic rings. The quantitative estimate of drug-likeness (QED) is 0.429. The van der Waals surface area contributed by atoms with Crippen molar-refractivity contribution in [2.75, 3.05) is 6.61 Å². The molecule has 2 aromatic carbocycles. The van der Waals surface area contributed by atoms with E-state index in [1.807, 2.05) is 24.4 Å². The normalized spacial score (nSPS) is 11.0. The molecule has 6 heteroatoms. The van der Waals surface area contributed by atoms with E-state index < -0.39 is 5.91 Å². The minimum absolute atomic E-state index is 0.339. The summed E-state index contributed by atoms with van der Waals surface area (Å²) in [6, 6.07) is 16.9. The van der Waals surface area contributed by atoms with E-state index in [0.29, 0.717) is 24.5 Å². The number of amides is 1. The van der Waals surface area contributed by atoms with E-state index in [4.69, 9.17) is 9.94 Å². The molecular weight excluding hydrogens is 330 g/mol. The molecule has 0 bridgehead atoms. The second-order valence-corrected chi connectivity index (χ2v) is 5.88. The molecule has 0 aliphatic carbocycles. The van der Waals surface area contributed by atoms with Gasteiger partial charge in [-0.15, -0.1) is 0 Å². The van der Waals surface area contributed by atoms with Crippen molar-refractivity contribution in [2.24, 2.45) is 0 Å². The number of fused-ring (bicyclic) bond motifs is 3. The van der Waals surface area contributed by atoms with Gasteiger partial charge in [-0.2, -0.15) is 0 Å². The molecule has 6 nitrogen and oxygen atoms in total. The first-order valence-corrected chi connectivity index (χ1v) is 8.26. The summed E-state index contributed by atoms with van der Waals surface area (Å²) in [6.07, 6.45) is 3.66. The second kappa shape index (κ2) is 6.85. The van der Waals surface area contributed by atoms with Gasteiger partial charge in [0.15, 0.2) is 0 Å². The van der Waals surface area contributed by atoms with Gasteiger partial charge in [-0.25, -0.2) is 5.48 Å². The van der Waals surface area contributed by atoms with Gasteiger partial charge in [-0.05, 0) is 30.3 Å². The molecule has 4 rings (SSSR count). The molecule has 0 unspecified atom stereocenters. The summed E-state index contributed by atoms with van der Waals surface area (Å²) in [7, 11) is 0. The van der Waals surface area contributed by atoms with Crippen molar-refractivity contribution in [3.05, 3.63) is 72.6 Å². The number of aromatic nitrogens is 2. The molecule has 2 N–H and O–H groups in total. The summed E-state index contributed by atoms with van der Waals surface area (Å²) in [6.45, 7) is 1.08. The molecule has 0 radical (unpaired) electrons. The zero-order valence-electron chi connectivity index (χ0n) is 13.9. The number of carbonyl (C=O) groups excluding carboxylic acids is 1. The number of nitrogens with one attached hydrogen (secondary N) is 1. The first-order chi connectivity index (χ1) is 12.8. The van der Waals surface area contributed by atoms with E-state index >= 15 is 0 Å². The summed E-state index contributed by atoms with van der Waals surface area (Å²) in [5.41, 5.74) is 4.15. The molecule has 0 aliphatic rings. The lowest BCUT2D eigenvalue weighted by Gasteiger charge is -2.10. The van der Waals surface area contributed by atoms with Crippen molar-refractivity contribution in [3.8, 4) is 5.75 Å². The molecule has 1 amide bonds. The Labute approximate surface area is 149 Å². The van der Waals surface area contributed by atoms with Gasteiger partial charge in [0.1, 0.15) is 12.4 Å². The molecule has 0 fully saturated rings. The van der Waals surface area contributed by atoms with Crippen LogP contribution in [0.15, 0.2) is 67.0 Å². The Kier molecular flexibility index (Phi) is 4.25. The minimum atomic E-state index is -0.566. The molecule has 130 valence electrons. The van der Waals surface area contributed by atoms with Crippen LogP contribution in [0, 0.1) is 0 Å². The van der Waals surface area contributed by atoms with Crippen molar-refractivity contribution < 1.29 is 14.7 Å². The minimum Gasteiger partial charge on any atom is -0.492 e. The van der Waals surface area contributed by atoms with Gasteiger partial charge < -0.3 is 9.30 Å². The highest BCUT2D eigenvalue weighted by molar-refractivity contribution is 6.07. The highest BCUT2D eigenvalue weighted by atomic mass is 16.5. The zero-order chi connectivity index (χ0) is 17.9. The highest BCUT2D eigenvalue weighted by Gasteiger charge is 2.10. The largest absolute Gasteiger partial charge is 0.492 e. The van der Waals surface area contributed by atoms with Crippen LogP contribution < -0.4 is 10.2 Å². The van der Waals surface area contributed by atoms with Crippen LogP contribution in [0.5, 0.6) is 5.75 Å². The van der Waals surface area contributed by atoms with Crippen molar-refractivity contribution in [1.82, 2.24) is 15.0 Å². The molecule has 26 heavy (non-hydrogen) atoms. The van der Waals surface area contributed by atoms with Crippen LogP contribution in [0.2, 0.25) is 0 Å². The lowest BCUT2D eigenvalue weighted by atomic mass is 10.2. The number of rotatable bonds is 5. The molecule has 2 heterocycles. The Bertz CT molecular complexity index is 1030. The lowest BCUT2D eigenvalue weighted by Crippen LogP contribution is -2.18. The molecule has 0 spiro atoms. The van der Waals surface area contributed by atoms with Gasteiger partial charge >= 0.3 is 0 Å². The van der Waals surface area contributed by atoms with E-state index in [1.165, 1.54) is 5.39 Å². The van der Waals surface area contributed by atoms with E-state index in [0.717, 1.165) is 16.4 Å². The maximum Gasteiger partial charge on any atom is 0.274 e. The van der Waals surface area contributed by atoms with E-state index in [-0.39, 0.29) is 0 Å². The van der Waals surface area contributed by atoms with Gasteiger partial charge in [0, 0.05) is 28.0 Å². The van der Waals surface area contributed by atoms with Crippen LogP contribution in [0.25, 0.3) is 21.8 Å². The van der Waals surface area contributed by atoms with Crippen molar-refractivity contribution >= 4 is 27.7 Å². The van der Waals surface area contributed by atoms with Crippen LogP contribution in [-0.2, 0) is 6.54 Å². The maximum atomic E-state index is 11.5. The van der Waals surface area contributed by atoms with Crippen LogP contribution in [0.3, 0.4) is 0 Å². The number of hydrogen-bond donors (Lipinski definition) is 2. The van der Waals surface area contributed by atoms with Crippen LogP contribution in [0.4, 0.5) is 0 Å². The zero-order valence-corrected chi connectivity index (χ0v) is 13.9. The maximum absolute atomic E-state index is 11.5. The predicted molar refractivity (Wildman–Crippen MR) is 98.4 cm³/mol. The highest BCUT2D eigenvalue weighted by Crippen LogP contribution is 2.28. The number of ether oxygens (including phenoxy) is 1. The van der Waals surface area contributed by atoms with Gasteiger partial charge in [0.25, 0.3) is 5.91 Å². The first kappa shape index (κ1) is 16.1. The lowest BCUT2D eigenvalue weighted by molar-refractivity contribution is 0.0706. The summed E-state index contributed by atoms with van der Waals surface area (Å²) >= 11 is 0. The molecule has 0 aliphatic heterocycles. The Hall–Kier alpha value is -3.38. The Morgan fingerprint density at radius 3 is 2.81 bits per heavy atom. The number of pyridine rings is 1. The van der Waals surface area contributed by atoms with Crippen LogP contribution in [-0.4, -0.2) is 27.3 Å². The van der Waals surface area contributed by atoms with E-state index in [2.05, 4.69) is 21.7 Å². The van der Waals surface area contributed by atoms with Crippen LogP contribution >= 0.6 is 0 Å². The summed E-state index contributed by atoms with van der Waals surface area (Å²) in [5.74, 6) is 0.00825. The first-order valence-electron chi connectivity index (χ1n) is 8.26. The van der Waals surface area contributed by atoms with Crippen molar-refractivity contribution in [2.45, 2.75) is 6.54 Å². The predicted octanol–water partition coefficient (Wildman–Crippen LogP) is 3.39. The molecule has 0 saturated carbocycles. The molecule has 0 atom stereocenters. The number of hydrogen-bond acceptors (Lipinski definition) is 4. The van der Waals surface area contributed by atoms with Gasteiger partial charge in [0.2, 0.25) is 0 Å². The molecule has 0 saturated heterocycles. The average molecular weight is 347 g/mol. The Morgan fingerprint density at radius 1 is 1.08 bits per heavy atom. The fraction of sp³-hybridized carbons (Fsp3) is 0.100. The topological polar surface area (TPSA) is 76.4 Å². The third-order valence-electron chi connectivity index (χ3n) is 4.36. The van der Waals surface area contributed by atoms with Crippen LogP contribution in [0.1, 0.15) is 10.4 Å². The van der Waals surface area contributed by atoms with Gasteiger partial charge in [0.05, 0.1) is 18.3 Å². The fourth-order valence-electron chi connectivity index (χ4n) is 3.18. The number of nitrogens with zero attached hydrogens (tertiary/aromatic N) is 2. The molecule has 2 aromatic heterocycles. The SMILES string of the molecule is O=C(NO)c1cccc(OCCn2c3ccccc3c3ccncc32)c1. The number of hydroxylamine groups is 1. The summed E-state index contributed by atoms with van der Waals surface area (Å²) < 4.78 is 7.99. The van der Waals surface area contributed by atoms with E-state index in [9.17, 15) is 4.79 Å². The van der Waals surface area contributed by atoms with Crippen molar-refractivity contribution in [3.63, 3.8) is 0 Å². The van der Waals surface area contributed by atoms with Crippen molar-refractivity contribution in [1.29, 1.82) is 0 Å². The monoisotopic (exact) mass is 347 g/mol.